The van der Waals surface area contributed by atoms with Gasteiger partial charge in [-0.3, -0.25) is 4.99 Å². The van der Waals surface area contributed by atoms with Crippen LogP contribution in [0.1, 0.15) is 32.8 Å². The molecule has 0 fully saturated rings. The van der Waals surface area contributed by atoms with Crippen molar-refractivity contribution in [3.63, 3.8) is 0 Å². The van der Waals surface area contributed by atoms with E-state index in [9.17, 15) is 0 Å². The lowest BCUT2D eigenvalue weighted by Gasteiger charge is -2.14. The van der Waals surface area contributed by atoms with Crippen molar-refractivity contribution in [2.45, 2.75) is 33.7 Å². The second kappa shape index (κ2) is 9.23. The van der Waals surface area contributed by atoms with Crippen LogP contribution in [0.2, 0.25) is 0 Å². The van der Waals surface area contributed by atoms with Crippen LogP contribution in [-0.2, 0) is 6.54 Å². The Balaban J connectivity index is 2.47. The molecule has 112 valence electrons. The van der Waals surface area contributed by atoms with Crippen molar-refractivity contribution in [2.75, 3.05) is 20.2 Å². The predicted octanol–water partition coefficient (Wildman–Crippen LogP) is 2.80. The van der Waals surface area contributed by atoms with Crippen molar-refractivity contribution in [1.82, 2.24) is 10.6 Å². The SMILES string of the molecule is CCCOc1cccc(CNC(=NC)NCC(C)C)c1. The Morgan fingerprint density at radius 1 is 1.30 bits per heavy atom. The normalized spacial score (nSPS) is 11.6. The molecular weight excluding hydrogens is 250 g/mol. The zero-order chi connectivity index (χ0) is 14.8. The molecule has 20 heavy (non-hydrogen) atoms. The highest BCUT2D eigenvalue weighted by molar-refractivity contribution is 5.79. The molecule has 1 aromatic carbocycles. The van der Waals surface area contributed by atoms with Crippen LogP contribution in [0.15, 0.2) is 29.3 Å². The van der Waals surface area contributed by atoms with E-state index in [-0.39, 0.29) is 0 Å². The van der Waals surface area contributed by atoms with Crippen molar-refractivity contribution >= 4 is 5.96 Å². The number of nitrogens with zero attached hydrogens (tertiary/aromatic N) is 1. The second-order valence-corrected chi connectivity index (χ2v) is 5.20. The van der Waals surface area contributed by atoms with E-state index >= 15 is 0 Å². The first-order valence-corrected chi connectivity index (χ1v) is 7.32. The number of benzene rings is 1. The third-order valence-corrected chi connectivity index (χ3v) is 2.73. The second-order valence-electron chi connectivity index (χ2n) is 5.20. The van der Waals surface area contributed by atoms with Crippen molar-refractivity contribution < 1.29 is 4.74 Å². The summed E-state index contributed by atoms with van der Waals surface area (Å²) < 4.78 is 5.63. The zero-order valence-corrected chi connectivity index (χ0v) is 13.1. The van der Waals surface area contributed by atoms with E-state index in [1.807, 2.05) is 12.1 Å². The summed E-state index contributed by atoms with van der Waals surface area (Å²) in [7, 11) is 1.79. The van der Waals surface area contributed by atoms with Gasteiger partial charge in [-0.05, 0) is 30.0 Å². The highest BCUT2D eigenvalue weighted by Crippen LogP contribution is 2.13. The van der Waals surface area contributed by atoms with E-state index < -0.39 is 0 Å². The highest BCUT2D eigenvalue weighted by Gasteiger charge is 2.01. The smallest absolute Gasteiger partial charge is 0.191 e. The standard InChI is InChI=1S/C16H27N3O/c1-5-9-20-15-8-6-7-14(10-15)12-19-16(17-4)18-11-13(2)3/h6-8,10,13H,5,9,11-12H2,1-4H3,(H2,17,18,19). The fraction of sp³-hybridized carbons (Fsp3) is 0.562. The molecule has 0 saturated heterocycles. The first-order chi connectivity index (χ1) is 9.65. The monoisotopic (exact) mass is 277 g/mol. The average Bonchev–Trinajstić information content (AvgIpc) is 2.45. The topological polar surface area (TPSA) is 45.6 Å². The maximum atomic E-state index is 5.63. The van der Waals surface area contributed by atoms with Gasteiger partial charge in [-0.2, -0.15) is 0 Å². The fourth-order valence-electron chi connectivity index (χ4n) is 1.67. The molecule has 1 rings (SSSR count). The molecule has 0 radical (unpaired) electrons. The summed E-state index contributed by atoms with van der Waals surface area (Å²) in [6.45, 7) is 8.87. The summed E-state index contributed by atoms with van der Waals surface area (Å²) in [5, 5.41) is 6.60. The van der Waals surface area contributed by atoms with Gasteiger partial charge in [0.25, 0.3) is 0 Å². The van der Waals surface area contributed by atoms with Gasteiger partial charge in [0, 0.05) is 20.1 Å². The van der Waals surface area contributed by atoms with Gasteiger partial charge in [-0.1, -0.05) is 32.9 Å². The molecule has 1 aromatic rings. The number of ether oxygens (including phenoxy) is 1. The van der Waals surface area contributed by atoms with Gasteiger partial charge in [0.1, 0.15) is 5.75 Å². The van der Waals surface area contributed by atoms with E-state index in [1.54, 1.807) is 7.05 Å². The largest absolute Gasteiger partial charge is 0.494 e. The minimum atomic E-state index is 0.597. The molecule has 0 amide bonds. The molecule has 0 heterocycles. The number of aliphatic imine (C=N–C) groups is 1. The maximum Gasteiger partial charge on any atom is 0.191 e. The van der Waals surface area contributed by atoms with Gasteiger partial charge in [-0.15, -0.1) is 0 Å². The Bertz CT molecular complexity index is 416. The Labute approximate surface area is 122 Å². The summed E-state index contributed by atoms with van der Waals surface area (Å²) in [5.41, 5.74) is 1.19. The third-order valence-electron chi connectivity index (χ3n) is 2.73. The van der Waals surface area contributed by atoms with Gasteiger partial charge in [-0.25, -0.2) is 0 Å². The summed E-state index contributed by atoms with van der Waals surface area (Å²) in [6.07, 6.45) is 1.02. The molecule has 4 heteroatoms. The maximum absolute atomic E-state index is 5.63. The lowest BCUT2D eigenvalue weighted by molar-refractivity contribution is 0.317. The van der Waals surface area contributed by atoms with Crippen molar-refractivity contribution in [3.05, 3.63) is 29.8 Å². The molecule has 0 saturated carbocycles. The summed E-state index contributed by atoms with van der Waals surface area (Å²) in [4.78, 5) is 4.21. The fourth-order valence-corrected chi connectivity index (χ4v) is 1.67. The van der Waals surface area contributed by atoms with E-state index in [1.165, 1.54) is 5.56 Å². The van der Waals surface area contributed by atoms with E-state index in [0.29, 0.717) is 5.92 Å². The average molecular weight is 277 g/mol. The van der Waals surface area contributed by atoms with Crippen LogP contribution in [0.4, 0.5) is 0 Å². The molecule has 0 bridgehead atoms. The van der Waals surface area contributed by atoms with Crippen LogP contribution >= 0.6 is 0 Å². The van der Waals surface area contributed by atoms with Crippen LogP contribution < -0.4 is 15.4 Å². The molecule has 0 aliphatic heterocycles. The predicted molar refractivity (Wildman–Crippen MR) is 85.3 cm³/mol. The number of hydrogen-bond donors (Lipinski definition) is 2. The lowest BCUT2D eigenvalue weighted by atomic mass is 10.2. The molecule has 2 N–H and O–H groups in total. The first kappa shape index (κ1) is 16.3. The minimum absolute atomic E-state index is 0.597. The summed E-state index contributed by atoms with van der Waals surface area (Å²) in [5.74, 6) is 2.36. The van der Waals surface area contributed by atoms with E-state index in [2.05, 4.69) is 48.5 Å². The number of rotatable bonds is 7. The number of guanidine groups is 1. The lowest BCUT2D eigenvalue weighted by Crippen LogP contribution is -2.38. The molecule has 0 aromatic heterocycles. The van der Waals surface area contributed by atoms with Crippen molar-refractivity contribution in [3.8, 4) is 5.75 Å². The Morgan fingerprint density at radius 2 is 2.10 bits per heavy atom. The quantitative estimate of drug-likeness (QED) is 0.595. The van der Waals surface area contributed by atoms with Crippen LogP contribution in [0.25, 0.3) is 0 Å². The van der Waals surface area contributed by atoms with Crippen molar-refractivity contribution in [2.24, 2.45) is 10.9 Å². The van der Waals surface area contributed by atoms with Gasteiger partial charge in [0.15, 0.2) is 5.96 Å². The van der Waals surface area contributed by atoms with Crippen LogP contribution in [0, 0.1) is 5.92 Å². The summed E-state index contributed by atoms with van der Waals surface area (Å²) >= 11 is 0. The summed E-state index contributed by atoms with van der Waals surface area (Å²) in [6, 6.07) is 8.16. The van der Waals surface area contributed by atoms with Gasteiger partial charge in [0.05, 0.1) is 6.61 Å². The van der Waals surface area contributed by atoms with Gasteiger partial charge < -0.3 is 15.4 Å². The van der Waals surface area contributed by atoms with Crippen LogP contribution in [0.5, 0.6) is 5.75 Å². The Kier molecular flexibility index (Phi) is 7.55. The van der Waals surface area contributed by atoms with E-state index in [4.69, 9.17) is 4.74 Å². The highest BCUT2D eigenvalue weighted by atomic mass is 16.5. The molecule has 0 aliphatic rings. The van der Waals surface area contributed by atoms with Gasteiger partial charge in [0.2, 0.25) is 0 Å². The molecule has 0 spiro atoms. The third kappa shape index (κ3) is 6.45. The first-order valence-electron chi connectivity index (χ1n) is 7.32. The Morgan fingerprint density at radius 3 is 2.75 bits per heavy atom. The molecule has 0 atom stereocenters. The minimum Gasteiger partial charge on any atom is -0.494 e. The zero-order valence-electron chi connectivity index (χ0n) is 13.1. The molecule has 0 unspecified atom stereocenters. The molecular formula is C16H27N3O. The Hall–Kier alpha value is -1.71. The van der Waals surface area contributed by atoms with E-state index in [0.717, 1.165) is 37.8 Å². The van der Waals surface area contributed by atoms with Crippen LogP contribution in [0.3, 0.4) is 0 Å². The van der Waals surface area contributed by atoms with Crippen molar-refractivity contribution in [1.29, 1.82) is 0 Å². The van der Waals surface area contributed by atoms with Gasteiger partial charge >= 0.3 is 0 Å². The molecule has 0 aliphatic carbocycles. The number of nitrogens with one attached hydrogen (secondary N) is 2. The number of hydrogen-bond acceptors (Lipinski definition) is 2. The molecule has 4 nitrogen and oxygen atoms in total. The van der Waals surface area contributed by atoms with Crippen LogP contribution in [-0.4, -0.2) is 26.2 Å².